The van der Waals surface area contributed by atoms with E-state index >= 15 is 0 Å². The number of fused-ring (bicyclic) bond motifs is 1. The Morgan fingerprint density at radius 1 is 1.35 bits per heavy atom. The summed E-state index contributed by atoms with van der Waals surface area (Å²) in [4.78, 5) is 21.5. The quantitative estimate of drug-likeness (QED) is 0.845. The van der Waals surface area contributed by atoms with Crippen molar-refractivity contribution in [1.82, 2.24) is 14.9 Å². The number of carbonyl (C=O) groups is 1. The summed E-state index contributed by atoms with van der Waals surface area (Å²) in [6.07, 6.45) is 3.52. The number of amides is 1. The molecule has 3 rings (SSSR count). The van der Waals surface area contributed by atoms with Gasteiger partial charge >= 0.3 is 0 Å². The highest BCUT2D eigenvalue weighted by Gasteiger charge is 2.31. The van der Waals surface area contributed by atoms with Gasteiger partial charge < -0.3 is 9.64 Å². The first-order valence-corrected chi connectivity index (χ1v) is 7.17. The predicted octanol–water partition coefficient (Wildman–Crippen LogP) is 2.31. The molecule has 104 valence electrons. The minimum Gasteiger partial charge on any atom is -0.470 e. The van der Waals surface area contributed by atoms with E-state index in [0.29, 0.717) is 19.0 Å². The van der Waals surface area contributed by atoms with Crippen LogP contribution in [0, 0.1) is 6.92 Å². The predicted molar refractivity (Wildman–Crippen MR) is 78.6 cm³/mol. The molecule has 2 aromatic heterocycles. The van der Waals surface area contributed by atoms with Crippen LogP contribution in [0.1, 0.15) is 12.6 Å². The van der Waals surface area contributed by atoms with Gasteiger partial charge in [-0.2, -0.15) is 0 Å². The van der Waals surface area contributed by atoms with Crippen molar-refractivity contribution in [2.24, 2.45) is 0 Å². The fraction of sp³-hybridized carbons (Fsp3) is 0.357. The van der Waals surface area contributed by atoms with Crippen molar-refractivity contribution in [3.8, 4) is 5.88 Å². The number of halogens is 1. The van der Waals surface area contributed by atoms with Gasteiger partial charge in [0, 0.05) is 34.9 Å². The Labute approximate surface area is 125 Å². The topological polar surface area (TPSA) is 55.3 Å². The Kier molecular flexibility index (Phi) is 3.33. The second kappa shape index (κ2) is 5.01. The van der Waals surface area contributed by atoms with Crippen LogP contribution in [0.25, 0.3) is 10.8 Å². The number of aromatic nitrogens is 2. The summed E-state index contributed by atoms with van der Waals surface area (Å²) < 4.78 is 6.79. The largest absolute Gasteiger partial charge is 0.470 e. The molecule has 2 aromatic rings. The summed E-state index contributed by atoms with van der Waals surface area (Å²) in [6.45, 7) is 4.75. The molecule has 0 N–H and O–H groups in total. The van der Waals surface area contributed by atoms with Gasteiger partial charge in [-0.25, -0.2) is 4.98 Å². The van der Waals surface area contributed by atoms with Crippen LogP contribution < -0.4 is 4.74 Å². The van der Waals surface area contributed by atoms with Crippen LogP contribution in [0.4, 0.5) is 0 Å². The van der Waals surface area contributed by atoms with Gasteiger partial charge in [0.05, 0.1) is 18.5 Å². The summed E-state index contributed by atoms with van der Waals surface area (Å²) in [7, 11) is 0. The lowest BCUT2D eigenvalue weighted by molar-refractivity contribution is -0.137. The maximum atomic E-state index is 11.2. The van der Waals surface area contributed by atoms with Crippen molar-refractivity contribution >= 4 is 32.6 Å². The molecular formula is C14H14BrN3O2. The highest BCUT2D eigenvalue weighted by atomic mass is 79.9. The summed E-state index contributed by atoms with van der Waals surface area (Å²) in [5, 5.41) is 1.91. The third-order valence-corrected chi connectivity index (χ3v) is 4.03. The molecule has 1 aliphatic heterocycles. The molecule has 1 amide bonds. The molecule has 5 nitrogen and oxygen atoms in total. The molecule has 0 spiro atoms. The molecule has 0 radical (unpaired) electrons. The first kappa shape index (κ1) is 13.3. The molecule has 1 saturated heterocycles. The Morgan fingerprint density at radius 2 is 2.10 bits per heavy atom. The Hall–Kier alpha value is -1.69. The van der Waals surface area contributed by atoms with Crippen molar-refractivity contribution in [1.29, 1.82) is 0 Å². The van der Waals surface area contributed by atoms with E-state index in [0.717, 1.165) is 20.9 Å². The first-order chi connectivity index (χ1) is 9.54. The molecule has 3 heterocycles. The van der Waals surface area contributed by atoms with E-state index in [1.165, 1.54) is 0 Å². The van der Waals surface area contributed by atoms with E-state index in [1.807, 2.05) is 13.0 Å². The van der Waals surface area contributed by atoms with Gasteiger partial charge in [-0.1, -0.05) is 0 Å². The summed E-state index contributed by atoms with van der Waals surface area (Å²) in [6, 6.07) is 2.00. The number of nitrogens with zero attached hydrogens (tertiary/aromatic N) is 3. The lowest BCUT2D eigenvalue weighted by Gasteiger charge is -2.38. The van der Waals surface area contributed by atoms with Crippen molar-refractivity contribution < 1.29 is 9.53 Å². The smallest absolute Gasteiger partial charge is 0.223 e. The molecule has 0 unspecified atom stereocenters. The number of likely N-dealkylation sites (tertiary alicyclic amines) is 1. The lowest BCUT2D eigenvalue weighted by Crippen LogP contribution is -2.55. The van der Waals surface area contributed by atoms with Crippen molar-refractivity contribution in [3.05, 3.63) is 28.6 Å². The van der Waals surface area contributed by atoms with Gasteiger partial charge in [0.25, 0.3) is 0 Å². The first-order valence-electron chi connectivity index (χ1n) is 6.37. The zero-order chi connectivity index (χ0) is 14.3. The van der Waals surface area contributed by atoms with E-state index in [4.69, 9.17) is 4.74 Å². The molecule has 0 aliphatic carbocycles. The summed E-state index contributed by atoms with van der Waals surface area (Å²) >= 11 is 3.49. The van der Waals surface area contributed by atoms with Gasteiger partial charge in [0.1, 0.15) is 6.10 Å². The number of hydrogen-bond donors (Lipinski definition) is 0. The second-order valence-corrected chi connectivity index (χ2v) is 5.80. The molecule has 0 bridgehead atoms. The highest BCUT2D eigenvalue weighted by Crippen LogP contribution is 2.30. The average molecular weight is 336 g/mol. The highest BCUT2D eigenvalue weighted by molar-refractivity contribution is 9.10. The van der Waals surface area contributed by atoms with Crippen LogP contribution in [0.15, 0.2) is 22.9 Å². The monoisotopic (exact) mass is 335 g/mol. The van der Waals surface area contributed by atoms with Crippen molar-refractivity contribution in [2.75, 3.05) is 13.1 Å². The van der Waals surface area contributed by atoms with Crippen LogP contribution in [0.3, 0.4) is 0 Å². The molecular weight excluding hydrogens is 322 g/mol. The molecule has 20 heavy (non-hydrogen) atoms. The molecule has 0 atom stereocenters. The zero-order valence-electron chi connectivity index (χ0n) is 11.3. The fourth-order valence-corrected chi connectivity index (χ4v) is 2.63. The van der Waals surface area contributed by atoms with E-state index in [-0.39, 0.29) is 12.0 Å². The maximum Gasteiger partial charge on any atom is 0.223 e. The minimum absolute atomic E-state index is 0.0112. The minimum atomic E-state index is 0.0112. The van der Waals surface area contributed by atoms with Crippen molar-refractivity contribution in [3.63, 3.8) is 0 Å². The standard InChI is InChI=1S/C14H14BrN3O2/c1-8-3-11-12(4-16-8)14(17-5-13(11)15)20-10-6-18(7-10)9(2)19/h3-5,10H,6-7H2,1-2H3. The van der Waals surface area contributed by atoms with Gasteiger partial charge in [-0.3, -0.25) is 9.78 Å². The Balaban J connectivity index is 1.86. The molecule has 1 aliphatic rings. The average Bonchev–Trinajstić information content (AvgIpc) is 2.35. The maximum absolute atomic E-state index is 11.2. The van der Waals surface area contributed by atoms with Crippen LogP contribution in [-0.2, 0) is 4.79 Å². The molecule has 0 saturated carbocycles. The SMILES string of the molecule is CC(=O)N1CC(Oc2ncc(Br)c3cc(C)ncc23)C1. The van der Waals surface area contributed by atoms with E-state index in [2.05, 4.69) is 25.9 Å². The number of carbonyl (C=O) groups excluding carboxylic acids is 1. The van der Waals surface area contributed by atoms with Crippen LogP contribution in [0.2, 0.25) is 0 Å². The number of rotatable bonds is 2. The third kappa shape index (κ3) is 2.35. The fourth-order valence-electron chi connectivity index (χ4n) is 2.20. The lowest BCUT2D eigenvalue weighted by atomic mass is 10.1. The molecule has 6 heteroatoms. The number of hydrogen-bond acceptors (Lipinski definition) is 4. The summed E-state index contributed by atoms with van der Waals surface area (Å²) in [5.74, 6) is 0.652. The number of pyridine rings is 2. The van der Waals surface area contributed by atoms with E-state index in [9.17, 15) is 4.79 Å². The summed E-state index contributed by atoms with van der Waals surface area (Å²) in [5.41, 5.74) is 0.946. The van der Waals surface area contributed by atoms with Crippen LogP contribution in [0.5, 0.6) is 5.88 Å². The normalized spacial score (nSPS) is 15.2. The number of aryl methyl sites for hydroxylation is 1. The van der Waals surface area contributed by atoms with E-state index in [1.54, 1.807) is 24.2 Å². The van der Waals surface area contributed by atoms with Gasteiger partial charge in [0.15, 0.2) is 0 Å². The Bertz CT molecular complexity index is 683. The van der Waals surface area contributed by atoms with Gasteiger partial charge in [0.2, 0.25) is 11.8 Å². The van der Waals surface area contributed by atoms with Crippen LogP contribution >= 0.6 is 15.9 Å². The van der Waals surface area contributed by atoms with Crippen LogP contribution in [-0.4, -0.2) is 40.0 Å². The van der Waals surface area contributed by atoms with Crippen molar-refractivity contribution in [2.45, 2.75) is 20.0 Å². The third-order valence-electron chi connectivity index (χ3n) is 3.40. The molecule has 1 fully saturated rings. The second-order valence-electron chi connectivity index (χ2n) is 4.95. The van der Waals surface area contributed by atoms with Gasteiger partial charge in [-0.05, 0) is 28.9 Å². The molecule has 0 aromatic carbocycles. The zero-order valence-corrected chi connectivity index (χ0v) is 12.8. The Morgan fingerprint density at radius 3 is 2.80 bits per heavy atom. The van der Waals surface area contributed by atoms with E-state index < -0.39 is 0 Å². The van der Waals surface area contributed by atoms with Gasteiger partial charge in [-0.15, -0.1) is 0 Å². The number of ether oxygens (including phenoxy) is 1.